The number of rotatable bonds is 6. The third-order valence-electron chi connectivity index (χ3n) is 5.16. The molecule has 3 aromatic rings. The van der Waals surface area contributed by atoms with E-state index in [2.05, 4.69) is 10.3 Å². The minimum Gasteiger partial charge on any atom is -0.459 e. The molecule has 2 amide bonds. The summed E-state index contributed by atoms with van der Waals surface area (Å²) in [5, 5.41) is 5.92. The molecule has 7 heteroatoms. The number of aromatic nitrogens is 1. The van der Waals surface area contributed by atoms with Crippen LogP contribution in [-0.2, 0) is 11.2 Å². The second-order valence-corrected chi connectivity index (χ2v) is 8.11. The number of furan rings is 1. The predicted octanol–water partition coefficient (Wildman–Crippen LogP) is 3.48. The Morgan fingerprint density at radius 3 is 2.83 bits per heavy atom. The van der Waals surface area contributed by atoms with E-state index in [0.717, 1.165) is 23.4 Å². The molecule has 1 aliphatic heterocycles. The standard InChI is InChI=1S/C22H23N3O3S/c26-20(19-9-5-12-28-19)24-18(14-16-6-2-1-3-7-16)22(27)25-11-4-8-17(15-25)21-23-10-13-29-21/h1-3,5-7,9-10,12-13,17-18H,4,8,11,14-15H2,(H,24,26). The molecule has 6 nitrogen and oxygen atoms in total. The van der Waals surface area contributed by atoms with Gasteiger partial charge in [-0.1, -0.05) is 30.3 Å². The summed E-state index contributed by atoms with van der Waals surface area (Å²) < 4.78 is 5.19. The lowest BCUT2D eigenvalue weighted by Gasteiger charge is -2.34. The molecule has 1 fully saturated rings. The minimum absolute atomic E-state index is 0.0602. The molecule has 3 heterocycles. The lowest BCUT2D eigenvalue weighted by Crippen LogP contribution is -2.52. The minimum atomic E-state index is -0.648. The molecule has 2 unspecified atom stereocenters. The first-order chi connectivity index (χ1) is 14.2. The van der Waals surface area contributed by atoms with Crippen LogP contribution in [0, 0.1) is 0 Å². The molecule has 2 aromatic heterocycles. The van der Waals surface area contributed by atoms with E-state index in [4.69, 9.17) is 4.42 Å². The molecule has 1 aromatic carbocycles. The van der Waals surface area contributed by atoms with E-state index in [-0.39, 0.29) is 23.5 Å². The molecule has 1 saturated heterocycles. The number of amides is 2. The summed E-state index contributed by atoms with van der Waals surface area (Å²) in [6, 6.07) is 12.3. The molecular formula is C22H23N3O3S. The van der Waals surface area contributed by atoms with Gasteiger partial charge in [0, 0.05) is 37.0 Å². The fourth-order valence-electron chi connectivity index (χ4n) is 3.72. The van der Waals surface area contributed by atoms with Gasteiger partial charge in [0.05, 0.1) is 11.3 Å². The number of nitrogens with zero attached hydrogens (tertiary/aromatic N) is 2. The fraction of sp³-hybridized carbons (Fsp3) is 0.318. The van der Waals surface area contributed by atoms with Gasteiger partial charge in [0.25, 0.3) is 5.91 Å². The van der Waals surface area contributed by atoms with E-state index in [1.807, 2.05) is 46.8 Å². The van der Waals surface area contributed by atoms with Gasteiger partial charge >= 0.3 is 0 Å². The average Bonchev–Trinajstić information content (AvgIpc) is 3.48. The van der Waals surface area contributed by atoms with Gasteiger partial charge in [-0.05, 0) is 30.5 Å². The van der Waals surface area contributed by atoms with Crippen LogP contribution in [0.5, 0.6) is 0 Å². The number of likely N-dealkylation sites (tertiary alicyclic amines) is 1. The van der Waals surface area contributed by atoms with Crippen LogP contribution in [-0.4, -0.2) is 40.8 Å². The van der Waals surface area contributed by atoms with Gasteiger partial charge < -0.3 is 14.6 Å². The van der Waals surface area contributed by atoms with Gasteiger partial charge in [0.1, 0.15) is 6.04 Å². The molecule has 150 valence electrons. The maximum absolute atomic E-state index is 13.4. The molecule has 1 N–H and O–H groups in total. The molecule has 0 spiro atoms. The zero-order valence-electron chi connectivity index (χ0n) is 16.0. The topological polar surface area (TPSA) is 75.4 Å². The Hall–Kier alpha value is -2.93. The van der Waals surface area contributed by atoms with Crippen LogP contribution in [0.25, 0.3) is 0 Å². The molecular weight excluding hydrogens is 386 g/mol. The summed E-state index contributed by atoms with van der Waals surface area (Å²) in [6.07, 6.45) is 5.65. The largest absolute Gasteiger partial charge is 0.459 e. The number of hydrogen-bond donors (Lipinski definition) is 1. The maximum Gasteiger partial charge on any atom is 0.287 e. The Bertz CT molecular complexity index is 926. The van der Waals surface area contributed by atoms with Crippen LogP contribution in [0.4, 0.5) is 0 Å². The van der Waals surface area contributed by atoms with Crippen molar-refractivity contribution in [3.8, 4) is 0 Å². The quantitative estimate of drug-likeness (QED) is 0.676. The first-order valence-electron chi connectivity index (χ1n) is 9.77. The van der Waals surface area contributed by atoms with E-state index < -0.39 is 6.04 Å². The zero-order valence-corrected chi connectivity index (χ0v) is 16.8. The van der Waals surface area contributed by atoms with Crippen molar-refractivity contribution in [1.29, 1.82) is 0 Å². The maximum atomic E-state index is 13.4. The lowest BCUT2D eigenvalue weighted by molar-refractivity contribution is -0.134. The third-order valence-corrected chi connectivity index (χ3v) is 6.10. The van der Waals surface area contributed by atoms with Crippen molar-refractivity contribution in [2.45, 2.75) is 31.2 Å². The van der Waals surface area contributed by atoms with Crippen molar-refractivity contribution in [2.24, 2.45) is 0 Å². The predicted molar refractivity (Wildman–Crippen MR) is 111 cm³/mol. The number of thiazole rings is 1. The van der Waals surface area contributed by atoms with Crippen molar-refractivity contribution in [3.05, 3.63) is 76.6 Å². The molecule has 0 radical (unpaired) electrons. The van der Waals surface area contributed by atoms with E-state index in [1.54, 1.807) is 23.5 Å². The summed E-state index contributed by atoms with van der Waals surface area (Å²) in [6.45, 7) is 1.33. The van der Waals surface area contributed by atoms with Crippen molar-refractivity contribution >= 4 is 23.2 Å². The number of carbonyl (C=O) groups is 2. The van der Waals surface area contributed by atoms with Crippen LogP contribution in [0.15, 0.2) is 64.7 Å². The van der Waals surface area contributed by atoms with Crippen molar-refractivity contribution in [1.82, 2.24) is 15.2 Å². The Morgan fingerprint density at radius 2 is 2.10 bits per heavy atom. The Balaban J connectivity index is 1.51. The second kappa shape index (κ2) is 9.05. The van der Waals surface area contributed by atoms with Gasteiger partial charge in [-0.25, -0.2) is 4.98 Å². The number of hydrogen-bond acceptors (Lipinski definition) is 5. The molecule has 29 heavy (non-hydrogen) atoms. The van der Waals surface area contributed by atoms with Crippen molar-refractivity contribution in [3.63, 3.8) is 0 Å². The van der Waals surface area contributed by atoms with Crippen molar-refractivity contribution < 1.29 is 14.0 Å². The average molecular weight is 410 g/mol. The lowest BCUT2D eigenvalue weighted by atomic mass is 9.97. The fourth-order valence-corrected chi connectivity index (χ4v) is 4.49. The first kappa shape index (κ1) is 19.4. The van der Waals surface area contributed by atoms with E-state index in [0.29, 0.717) is 19.5 Å². The molecule has 4 rings (SSSR count). The third kappa shape index (κ3) is 4.74. The van der Waals surface area contributed by atoms with Crippen LogP contribution in [0.1, 0.15) is 39.9 Å². The van der Waals surface area contributed by atoms with E-state index in [9.17, 15) is 9.59 Å². The van der Waals surface area contributed by atoms with E-state index >= 15 is 0 Å². The van der Waals surface area contributed by atoms with E-state index in [1.165, 1.54) is 6.26 Å². The molecule has 1 aliphatic rings. The number of carbonyl (C=O) groups excluding carboxylic acids is 2. The smallest absolute Gasteiger partial charge is 0.287 e. The van der Waals surface area contributed by atoms with Gasteiger partial charge in [-0.2, -0.15) is 0 Å². The molecule has 0 saturated carbocycles. The van der Waals surface area contributed by atoms with Gasteiger partial charge in [-0.15, -0.1) is 11.3 Å². The van der Waals surface area contributed by atoms with Gasteiger partial charge in [0.15, 0.2) is 5.76 Å². The molecule has 2 atom stereocenters. The summed E-state index contributed by atoms with van der Waals surface area (Å²) in [7, 11) is 0. The number of benzene rings is 1. The number of nitrogens with one attached hydrogen (secondary N) is 1. The van der Waals surface area contributed by atoms with Gasteiger partial charge in [-0.3, -0.25) is 9.59 Å². The highest BCUT2D eigenvalue weighted by atomic mass is 32.1. The van der Waals surface area contributed by atoms with Crippen LogP contribution < -0.4 is 5.32 Å². The zero-order chi connectivity index (χ0) is 20.1. The first-order valence-corrected chi connectivity index (χ1v) is 10.6. The highest BCUT2D eigenvalue weighted by molar-refractivity contribution is 7.09. The van der Waals surface area contributed by atoms with Crippen LogP contribution in [0.3, 0.4) is 0 Å². The van der Waals surface area contributed by atoms with Gasteiger partial charge in [0.2, 0.25) is 5.91 Å². The number of piperidine rings is 1. The Kier molecular flexibility index (Phi) is 6.05. The Morgan fingerprint density at radius 1 is 1.24 bits per heavy atom. The molecule has 0 bridgehead atoms. The SMILES string of the molecule is O=C(NC(Cc1ccccc1)C(=O)N1CCCC(c2nccs2)C1)c1ccco1. The van der Waals surface area contributed by atoms with Crippen LogP contribution >= 0.6 is 11.3 Å². The highest BCUT2D eigenvalue weighted by Crippen LogP contribution is 2.28. The Labute approximate surface area is 173 Å². The van der Waals surface area contributed by atoms with Crippen LogP contribution in [0.2, 0.25) is 0 Å². The summed E-state index contributed by atoms with van der Waals surface area (Å²) in [5.41, 5.74) is 0.999. The normalized spacial score (nSPS) is 17.7. The van der Waals surface area contributed by atoms with Crippen molar-refractivity contribution in [2.75, 3.05) is 13.1 Å². The summed E-state index contributed by atoms with van der Waals surface area (Å²) >= 11 is 1.63. The second-order valence-electron chi connectivity index (χ2n) is 7.19. The monoisotopic (exact) mass is 409 g/mol. The molecule has 0 aliphatic carbocycles. The summed E-state index contributed by atoms with van der Waals surface area (Å²) in [5.74, 6) is 0.0220. The highest BCUT2D eigenvalue weighted by Gasteiger charge is 2.32. The summed E-state index contributed by atoms with van der Waals surface area (Å²) in [4.78, 5) is 32.2.